The van der Waals surface area contributed by atoms with Gasteiger partial charge in [0, 0.05) is 12.7 Å². The number of ether oxygens (including phenoxy) is 1. The number of nitrogens with zero attached hydrogens (tertiary/aromatic N) is 4. The minimum atomic E-state index is -3.52. The standard InChI is InChI=1S/C19H20N4O4S/c24-28(25,14-13-26-15-7-2-1-3-8-15)23-12-6-10-17(23)19-22-21-18(27-19)16-9-4-5-11-20-16/h1-5,7-9,11,17H,6,10,12-14H2/t17-/m1/s1. The molecule has 0 radical (unpaired) electrons. The summed E-state index contributed by atoms with van der Waals surface area (Å²) in [4.78, 5) is 4.18. The molecule has 0 amide bonds. The average molecular weight is 400 g/mol. The third-order valence-electron chi connectivity index (χ3n) is 4.52. The van der Waals surface area contributed by atoms with Gasteiger partial charge in [0.2, 0.25) is 15.9 Å². The molecule has 3 aromatic rings. The molecule has 9 heteroatoms. The van der Waals surface area contributed by atoms with Gasteiger partial charge in [-0.25, -0.2) is 8.42 Å². The fourth-order valence-electron chi connectivity index (χ4n) is 3.18. The summed E-state index contributed by atoms with van der Waals surface area (Å²) in [5.41, 5.74) is 0.560. The molecule has 0 spiro atoms. The summed E-state index contributed by atoms with van der Waals surface area (Å²) in [7, 11) is -3.52. The van der Waals surface area contributed by atoms with Gasteiger partial charge in [0.05, 0.1) is 5.75 Å². The lowest BCUT2D eigenvalue weighted by molar-refractivity contribution is 0.316. The first-order valence-electron chi connectivity index (χ1n) is 9.06. The lowest BCUT2D eigenvalue weighted by atomic mass is 10.2. The molecule has 28 heavy (non-hydrogen) atoms. The van der Waals surface area contributed by atoms with E-state index in [4.69, 9.17) is 9.15 Å². The zero-order valence-corrected chi connectivity index (χ0v) is 16.0. The van der Waals surface area contributed by atoms with Gasteiger partial charge in [-0.15, -0.1) is 10.2 Å². The van der Waals surface area contributed by atoms with E-state index < -0.39 is 16.1 Å². The van der Waals surface area contributed by atoms with Crippen LogP contribution in [0, 0.1) is 0 Å². The molecule has 0 N–H and O–H groups in total. The molecular weight excluding hydrogens is 380 g/mol. The summed E-state index contributed by atoms with van der Waals surface area (Å²) in [6.07, 6.45) is 3.02. The second kappa shape index (κ2) is 8.07. The molecule has 4 rings (SSSR count). The number of benzene rings is 1. The van der Waals surface area contributed by atoms with Gasteiger partial charge < -0.3 is 9.15 Å². The number of rotatable bonds is 7. The Kier molecular flexibility index (Phi) is 5.36. The van der Waals surface area contributed by atoms with E-state index in [9.17, 15) is 8.42 Å². The van der Waals surface area contributed by atoms with Gasteiger partial charge in [0.1, 0.15) is 24.1 Å². The number of hydrogen-bond acceptors (Lipinski definition) is 7. The quantitative estimate of drug-likeness (QED) is 0.601. The predicted octanol–water partition coefficient (Wildman–Crippen LogP) is 2.68. The molecule has 1 aromatic carbocycles. The molecule has 3 heterocycles. The Morgan fingerprint density at radius 3 is 2.71 bits per heavy atom. The Morgan fingerprint density at radius 2 is 1.93 bits per heavy atom. The lowest BCUT2D eigenvalue weighted by Gasteiger charge is -2.21. The van der Waals surface area contributed by atoms with Crippen LogP contribution in [0.1, 0.15) is 24.8 Å². The van der Waals surface area contributed by atoms with Crippen molar-refractivity contribution in [1.29, 1.82) is 0 Å². The van der Waals surface area contributed by atoms with Crippen molar-refractivity contribution in [3.8, 4) is 17.3 Å². The topological polar surface area (TPSA) is 98.4 Å². The summed E-state index contributed by atoms with van der Waals surface area (Å²) in [5, 5.41) is 8.10. The maximum Gasteiger partial charge on any atom is 0.266 e. The van der Waals surface area contributed by atoms with Crippen LogP contribution in [0.15, 0.2) is 59.1 Å². The zero-order chi connectivity index (χ0) is 19.4. The highest BCUT2D eigenvalue weighted by Crippen LogP contribution is 2.34. The molecule has 1 atom stereocenters. The Hall–Kier alpha value is -2.78. The maximum atomic E-state index is 12.8. The molecule has 0 unspecified atom stereocenters. The van der Waals surface area contributed by atoms with E-state index in [-0.39, 0.29) is 18.3 Å². The predicted molar refractivity (Wildman–Crippen MR) is 102 cm³/mol. The second-order valence-corrected chi connectivity index (χ2v) is 8.45. The Bertz CT molecular complexity index is 1010. The van der Waals surface area contributed by atoms with E-state index in [1.807, 2.05) is 24.3 Å². The van der Waals surface area contributed by atoms with E-state index in [1.165, 1.54) is 4.31 Å². The smallest absolute Gasteiger partial charge is 0.266 e. The summed E-state index contributed by atoms with van der Waals surface area (Å²) < 4.78 is 38.4. The van der Waals surface area contributed by atoms with Crippen LogP contribution in [0.25, 0.3) is 11.6 Å². The highest BCUT2D eigenvalue weighted by atomic mass is 32.2. The molecule has 146 valence electrons. The SMILES string of the molecule is O=S(=O)(CCOc1ccccc1)N1CCC[C@@H]1c1nnc(-c2ccccn2)o1. The number of aromatic nitrogens is 3. The largest absolute Gasteiger partial charge is 0.492 e. The summed E-state index contributed by atoms with van der Waals surface area (Å²) in [6, 6.07) is 14.1. The number of para-hydroxylation sites is 1. The van der Waals surface area contributed by atoms with E-state index in [2.05, 4.69) is 15.2 Å². The molecule has 1 aliphatic heterocycles. The van der Waals surface area contributed by atoms with Crippen molar-refractivity contribution in [3.63, 3.8) is 0 Å². The van der Waals surface area contributed by atoms with Crippen molar-refractivity contribution in [2.24, 2.45) is 0 Å². The van der Waals surface area contributed by atoms with Crippen LogP contribution in [0.2, 0.25) is 0 Å². The molecule has 1 aliphatic rings. The van der Waals surface area contributed by atoms with Gasteiger partial charge in [0.15, 0.2) is 0 Å². The average Bonchev–Trinajstić information content (AvgIpc) is 3.39. The third-order valence-corrected chi connectivity index (χ3v) is 6.36. The molecule has 0 bridgehead atoms. The van der Waals surface area contributed by atoms with Crippen LogP contribution >= 0.6 is 0 Å². The van der Waals surface area contributed by atoms with Gasteiger partial charge in [-0.3, -0.25) is 4.98 Å². The van der Waals surface area contributed by atoms with Crippen molar-refractivity contribution in [3.05, 3.63) is 60.6 Å². The molecule has 1 saturated heterocycles. The van der Waals surface area contributed by atoms with Crippen LogP contribution in [0.3, 0.4) is 0 Å². The van der Waals surface area contributed by atoms with Crippen LogP contribution in [0.5, 0.6) is 5.75 Å². The number of hydrogen-bond donors (Lipinski definition) is 0. The fourth-order valence-corrected chi connectivity index (χ4v) is 4.70. The lowest BCUT2D eigenvalue weighted by Crippen LogP contribution is -2.34. The normalized spacial score (nSPS) is 17.6. The van der Waals surface area contributed by atoms with Crippen molar-refractivity contribution >= 4 is 10.0 Å². The Balaban J connectivity index is 1.45. The van der Waals surface area contributed by atoms with Gasteiger partial charge in [-0.05, 0) is 37.1 Å². The Morgan fingerprint density at radius 1 is 1.11 bits per heavy atom. The second-order valence-electron chi connectivity index (χ2n) is 6.41. The van der Waals surface area contributed by atoms with Crippen molar-refractivity contribution in [1.82, 2.24) is 19.5 Å². The van der Waals surface area contributed by atoms with Crippen LogP contribution < -0.4 is 4.74 Å². The molecule has 0 aliphatic carbocycles. The maximum absolute atomic E-state index is 12.8. The minimum absolute atomic E-state index is 0.0819. The first-order chi connectivity index (χ1) is 13.6. The summed E-state index contributed by atoms with van der Waals surface area (Å²) in [5.74, 6) is 1.12. The first kappa shape index (κ1) is 18.6. The van der Waals surface area contributed by atoms with Crippen LogP contribution in [-0.2, 0) is 10.0 Å². The van der Waals surface area contributed by atoms with E-state index in [0.29, 0.717) is 30.3 Å². The van der Waals surface area contributed by atoms with Crippen molar-refractivity contribution < 1.29 is 17.6 Å². The van der Waals surface area contributed by atoms with Gasteiger partial charge in [-0.2, -0.15) is 4.31 Å². The third kappa shape index (κ3) is 4.05. The highest BCUT2D eigenvalue weighted by molar-refractivity contribution is 7.89. The van der Waals surface area contributed by atoms with E-state index in [0.717, 1.165) is 6.42 Å². The monoisotopic (exact) mass is 400 g/mol. The Labute approximate surface area is 163 Å². The van der Waals surface area contributed by atoms with E-state index >= 15 is 0 Å². The van der Waals surface area contributed by atoms with Crippen molar-refractivity contribution in [2.45, 2.75) is 18.9 Å². The number of pyridine rings is 1. The van der Waals surface area contributed by atoms with Crippen molar-refractivity contribution in [2.75, 3.05) is 18.9 Å². The summed E-state index contributed by atoms with van der Waals surface area (Å²) in [6.45, 7) is 0.512. The molecular formula is C19H20N4O4S. The van der Waals surface area contributed by atoms with Gasteiger partial charge in [-0.1, -0.05) is 24.3 Å². The fraction of sp³-hybridized carbons (Fsp3) is 0.316. The zero-order valence-electron chi connectivity index (χ0n) is 15.1. The summed E-state index contributed by atoms with van der Waals surface area (Å²) >= 11 is 0. The van der Waals surface area contributed by atoms with Gasteiger partial charge >= 0.3 is 0 Å². The number of sulfonamides is 1. The van der Waals surface area contributed by atoms with Crippen LogP contribution in [0.4, 0.5) is 0 Å². The highest BCUT2D eigenvalue weighted by Gasteiger charge is 2.38. The molecule has 1 fully saturated rings. The van der Waals surface area contributed by atoms with Gasteiger partial charge in [0.25, 0.3) is 5.89 Å². The molecule has 8 nitrogen and oxygen atoms in total. The van der Waals surface area contributed by atoms with Crippen LogP contribution in [-0.4, -0.2) is 46.8 Å². The molecule has 2 aromatic heterocycles. The first-order valence-corrected chi connectivity index (χ1v) is 10.7. The molecule has 0 saturated carbocycles. The van der Waals surface area contributed by atoms with E-state index in [1.54, 1.807) is 30.5 Å². The minimum Gasteiger partial charge on any atom is -0.492 e.